The highest BCUT2D eigenvalue weighted by Gasteiger charge is 2.26. The van der Waals surface area contributed by atoms with Crippen LogP contribution in [0.5, 0.6) is 0 Å². The minimum absolute atomic E-state index is 0.0447. The lowest BCUT2D eigenvalue weighted by molar-refractivity contribution is -0.161. The van der Waals surface area contributed by atoms with E-state index in [-0.39, 0.29) is 32.6 Å². The van der Waals surface area contributed by atoms with Gasteiger partial charge in [0.05, 0.1) is 13.2 Å². The lowest BCUT2D eigenvalue weighted by Crippen LogP contribution is -2.29. The van der Waals surface area contributed by atoms with Gasteiger partial charge in [0.1, 0.15) is 6.61 Å². The number of phosphoric ester groups is 1. The van der Waals surface area contributed by atoms with Crippen LogP contribution >= 0.6 is 7.82 Å². The summed E-state index contributed by atoms with van der Waals surface area (Å²) in [5.41, 5.74) is 5.38. The van der Waals surface area contributed by atoms with Crippen LogP contribution in [0.1, 0.15) is 245 Å². The summed E-state index contributed by atoms with van der Waals surface area (Å²) in [6.45, 7) is 3.48. The number of carbonyl (C=O) groups excluding carboxylic acids is 2. The molecule has 0 radical (unpaired) electrons. The molecule has 0 fully saturated rings. The topological polar surface area (TPSA) is 134 Å². The summed E-state index contributed by atoms with van der Waals surface area (Å²) < 4.78 is 33.0. The molecule has 438 valence electrons. The van der Waals surface area contributed by atoms with Crippen LogP contribution in [0, 0.1) is 0 Å². The zero-order valence-corrected chi connectivity index (χ0v) is 49.8. The van der Waals surface area contributed by atoms with E-state index in [9.17, 15) is 19.0 Å². The number of carbonyl (C=O) groups is 2. The first kappa shape index (κ1) is 73.2. The molecule has 0 amide bonds. The van der Waals surface area contributed by atoms with Crippen molar-refractivity contribution in [1.29, 1.82) is 0 Å². The summed E-state index contributed by atoms with van der Waals surface area (Å²) in [7, 11) is -4.40. The third-order valence-electron chi connectivity index (χ3n) is 12.5. The van der Waals surface area contributed by atoms with Crippen molar-refractivity contribution >= 4 is 19.8 Å². The van der Waals surface area contributed by atoms with E-state index in [4.69, 9.17) is 24.3 Å². The maximum Gasteiger partial charge on any atom is 0.472 e. The van der Waals surface area contributed by atoms with Gasteiger partial charge in [-0.25, -0.2) is 4.57 Å². The zero-order valence-electron chi connectivity index (χ0n) is 48.9. The average Bonchev–Trinajstić information content (AvgIpc) is 3.42. The molecule has 0 bridgehead atoms. The summed E-state index contributed by atoms with van der Waals surface area (Å²) in [5.74, 6) is -0.858. The van der Waals surface area contributed by atoms with Crippen molar-refractivity contribution in [2.24, 2.45) is 5.73 Å². The number of ether oxygens (including phenoxy) is 2. The molecule has 3 N–H and O–H groups in total. The smallest absolute Gasteiger partial charge is 0.462 e. The van der Waals surface area contributed by atoms with Crippen molar-refractivity contribution in [1.82, 2.24) is 0 Å². The van der Waals surface area contributed by atoms with Gasteiger partial charge in [-0.3, -0.25) is 18.6 Å². The van der Waals surface area contributed by atoms with Gasteiger partial charge < -0.3 is 20.1 Å². The molecule has 0 aliphatic heterocycles. The quantitative estimate of drug-likeness (QED) is 0.0264. The molecular formula is C67H112NO8P. The lowest BCUT2D eigenvalue weighted by atomic mass is 10.0. The van der Waals surface area contributed by atoms with Crippen molar-refractivity contribution in [2.75, 3.05) is 26.4 Å². The van der Waals surface area contributed by atoms with E-state index in [1.807, 2.05) is 0 Å². The van der Waals surface area contributed by atoms with E-state index in [1.165, 1.54) is 89.9 Å². The molecule has 10 heteroatoms. The number of hydrogen-bond acceptors (Lipinski definition) is 8. The van der Waals surface area contributed by atoms with Crippen molar-refractivity contribution in [3.8, 4) is 0 Å². The Labute approximate surface area is 472 Å². The van der Waals surface area contributed by atoms with Gasteiger partial charge in [0.2, 0.25) is 0 Å². The molecule has 77 heavy (non-hydrogen) atoms. The summed E-state index contributed by atoms with van der Waals surface area (Å²) in [6.07, 6.45) is 86.7. The monoisotopic (exact) mass is 1090 g/mol. The molecule has 0 saturated heterocycles. The zero-order chi connectivity index (χ0) is 55.9. The Morgan fingerprint density at radius 3 is 1.00 bits per heavy atom. The van der Waals surface area contributed by atoms with Gasteiger partial charge >= 0.3 is 19.8 Å². The van der Waals surface area contributed by atoms with E-state index in [0.29, 0.717) is 12.8 Å². The molecule has 2 unspecified atom stereocenters. The highest BCUT2D eigenvalue weighted by Crippen LogP contribution is 2.43. The van der Waals surface area contributed by atoms with Crippen molar-refractivity contribution < 1.29 is 37.6 Å². The third kappa shape index (κ3) is 61.2. The molecule has 9 nitrogen and oxygen atoms in total. The fourth-order valence-corrected chi connectivity index (χ4v) is 8.84. The molecule has 0 aromatic carbocycles. The molecule has 0 spiro atoms. The SMILES string of the molecule is CC/C=C\C/C=C\C/C=C\C/C=C\C/C=C\C/C=C\C/C=C\CCCCCCCCCCCCCCCCCCCC(=O)OC(COC(=O)CCCCCC/C=C\C/C=C\C/C=C\C/C=C\CC)COP(=O)(O)OCCN. The molecule has 0 saturated carbocycles. The van der Waals surface area contributed by atoms with Crippen LogP contribution in [0.15, 0.2) is 134 Å². The first-order valence-corrected chi connectivity index (χ1v) is 32.2. The average molecular weight is 1090 g/mol. The van der Waals surface area contributed by atoms with Gasteiger partial charge in [0.25, 0.3) is 0 Å². The summed E-state index contributed by atoms with van der Waals surface area (Å²) in [5, 5.41) is 0. The number of unbranched alkanes of at least 4 members (excludes halogenated alkanes) is 21. The predicted molar refractivity (Wildman–Crippen MR) is 330 cm³/mol. The van der Waals surface area contributed by atoms with E-state index in [0.717, 1.165) is 116 Å². The van der Waals surface area contributed by atoms with Crippen molar-refractivity contribution in [3.63, 3.8) is 0 Å². The van der Waals surface area contributed by atoms with Crippen LogP contribution in [-0.4, -0.2) is 49.3 Å². The number of nitrogens with two attached hydrogens (primary N) is 1. The molecule has 0 aliphatic rings. The Balaban J connectivity index is 3.90. The Morgan fingerprint density at radius 2 is 0.675 bits per heavy atom. The number of esters is 2. The second-order valence-electron chi connectivity index (χ2n) is 19.8. The van der Waals surface area contributed by atoms with E-state index >= 15 is 0 Å². The van der Waals surface area contributed by atoms with E-state index in [2.05, 4.69) is 148 Å². The summed E-state index contributed by atoms with van der Waals surface area (Å²) in [6, 6.07) is 0. The Hall–Kier alpha value is -3.85. The van der Waals surface area contributed by atoms with E-state index < -0.39 is 32.5 Å². The largest absolute Gasteiger partial charge is 0.472 e. The van der Waals surface area contributed by atoms with Crippen LogP contribution in [0.4, 0.5) is 0 Å². The molecule has 0 aromatic heterocycles. The van der Waals surface area contributed by atoms with Crippen molar-refractivity contribution in [2.45, 2.75) is 251 Å². The Morgan fingerprint density at radius 1 is 0.390 bits per heavy atom. The minimum atomic E-state index is -4.40. The van der Waals surface area contributed by atoms with E-state index in [1.54, 1.807) is 0 Å². The van der Waals surface area contributed by atoms with Gasteiger partial charge in [-0.2, -0.15) is 0 Å². The van der Waals surface area contributed by atoms with Crippen LogP contribution in [0.2, 0.25) is 0 Å². The second-order valence-corrected chi connectivity index (χ2v) is 21.3. The first-order valence-electron chi connectivity index (χ1n) is 30.7. The standard InChI is InChI=1S/C67H112NO8P/c1-3-5-7-9-11-13-15-17-19-21-22-23-24-25-26-27-28-29-30-31-32-33-34-35-36-37-38-39-40-41-42-44-46-48-50-52-54-56-58-60-67(70)76-65(64-75-77(71,72)74-62-61-68)63-73-66(69)59-57-55-53-51-49-47-45-43-20-18-16-14-12-10-8-6-4-2/h5-8,11-14,17-20,22-23,25-26,28-29,31-32,45,47,65H,3-4,9-10,15-16,21,24,27,30,33-44,46,48-64,68H2,1-2H3,(H,71,72)/b7-5-,8-6-,13-11-,14-12-,19-17-,20-18-,23-22-,26-25-,29-28-,32-31-,47-45-. The first-order chi connectivity index (χ1) is 37.8. The second kappa shape index (κ2) is 61.4. The number of phosphoric acid groups is 1. The summed E-state index contributed by atoms with van der Waals surface area (Å²) >= 11 is 0. The minimum Gasteiger partial charge on any atom is -0.462 e. The third-order valence-corrected chi connectivity index (χ3v) is 13.5. The number of hydrogen-bond donors (Lipinski definition) is 2. The molecule has 0 aromatic rings. The Bertz CT molecular complexity index is 1720. The van der Waals surface area contributed by atoms with Gasteiger partial charge in [0.15, 0.2) is 6.10 Å². The highest BCUT2D eigenvalue weighted by atomic mass is 31.2. The van der Waals surface area contributed by atoms with Crippen LogP contribution in [0.3, 0.4) is 0 Å². The molecule has 0 heterocycles. The maximum absolute atomic E-state index is 12.7. The maximum atomic E-state index is 12.7. The van der Waals surface area contributed by atoms with Gasteiger partial charge in [0, 0.05) is 19.4 Å². The lowest BCUT2D eigenvalue weighted by Gasteiger charge is -2.19. The Kier molecular flexibility index (Phi) is 58.3. The molecule has 2 atom stereocenters. The van der Waals surface area contributed by atoms with Crippen molar-refractivity contribution in [3.05, 3.63) is 134 Å². The molecular weight excluding hydrogens is 978 g/mol. The molecule has 0 rings (SSSR count). The summed E-state index contributed by atoms with van der Waals surface area (Å²) in [4.78, 5) is 35.2. The van der Waals surface area contributed by atoms with Crippen LogP contribution in [0.25, 0.3) is 0 Å². The highest BCUT2D eigenvalue weighted by molar-refractivity contribution is 7.47. The molecule has 0 aliphatic carbocycles. The van der Waals surface area contributed by atoms with Gasteiger partial charge in [-0.1, -0.05) is 257 Å². The van der Waals surface area contributed by atoms with Crippen LogP contribution in [-0.2, 0) is 32.7 Å². The number of rotatable bonds is 56. The fourth-order valence-electron chi connectivity index (χ4n) is 8.08. The van der Waals surface area contributed by atoms with Gasteiger partial charge in [-0.05, 0) is 109 Å². The normalized spacial score (nSPS) is 14.0. The van der Waals surface area contributed by atoms with Crippen LogP contribution < -0.4 is 5.73 Å². The predicted octanol–water partition coefficient (Wildman–Crippen LogP) is 19.7. The fraction of sp³-hybridized carbons (Fsp3) is 0.642. The number of allylic oxidation sites excluding steroid dienone is 22. The van der Waals surface area contributed by atoms with Gasteiger partial charge in [-0.15, -0.1) is 0 Å².